The van der Waals surface area contributed by atoms with E-state index in [0.29, 0.717) is 0 Å². The summed E-state index contributed by atoms with van der Waals surface area (Å²) in [5, 5.41) is 48.5. The third-order valence-corrected chi connectivity index (χ3v) is 20.3. The Morgan fingerprint density at radius 3 is 0.643 bits per heavy atom. The fourth-order valence-corrected chi connectivity index (χ4v) is 14.6. The average molecular weight is 1220 g/mol. The summed E-state index contributed by atoms with van der Waals surface area (Å²) in [7, 11) is -19.0. The van der Waals surface area contributed by atoms with Crippen LogP contribution in [0.2, 0.25) is 0 Å². The number of aromatic hydroxyl groups is 4. The van der Waals surface area contributed by atoms with Crippen molar-refractivity contribution in [3.8, 4) is 46.0 Å². The lowest BCUT2D eigenvalue weighted by Gasteiger charge is -2.29. The van der Waals surface area contributed by atoms with E-state index < -0.39 is 110 Å². The van der Waals surface area contributed by atoms with Crippen LogP contribution in [0.25, 0.3) is 0 Å². The Labute approximate surface area is 491 Å². The highest BCUT2D eigenvalue weighted by molar-refractivity contribution is 7.88. The molecule has 1 aliphatic carbocycles. The first-order valence-corrected chi connectivity index (χ1v) is 32.8. The predicted octanol–water partition coefficient (Wildman–Crippen LogP) is 13.3. The van der Waals surface area contributed by atoms with Gasteiger partial charge in [-0.1, -0.05) is 98.5 Å². The van der Waals surface area contributed by atoms with E-state index in [4.69, 9.17) is 16.7 Å². The molecule has 9 rings (SSSR count). The SMILES string of the molecule is CCC1c2cc(c(O)cc2O)C(CC)c2cc(c(OS(=O)(=O)c3ccc(C)cc3)cc2OS(=O)(=O)c2ccc(C)cc2)C(CC)c2cc(c(O)cc2O)C(CC)c2cc1c(OS(=O)(=O)c1ccc(C)cc1)cc2OS(=O)(=O)c1ccc(C)cc1. The highest BCUT2D eigenvalue weighted by Gasteiger charge is 2.37. The Morgan fingerprint density at radius 2 is 0.464 bits per heavy atom. The third-order valence-electron chi connectivity index (χ3n) is 15.3. The Bertz CT molecular complexity index is 3740. The second-order valence-electron chi connectivity index (χ2n) is 21.0. The molecule has 0 aliphatic heterocycles. The van der Waals surface area contributed by atoms with Crippen LogP contribution in [0.3, 0.4) is 0 Å². The molecule has 0 spiro atoms. The summed E-state index contributed by atoms with van der Waals surface area (Å²) >= 11 is 0. The van der Waals surface area contributed by atoms with Crippen molar-refractivity contribution in [1.29, 1.82) is 0 Å². The lowest BCUT2D eigenvalue weighted by molar-refractivity contribution is 0.435. The molecule has 8 aromatic rings. The average Bonchev–Trinajstić information content (AvgIpc) is 1.67. The van der Waals surface area contributed by atoms with Gasteiger partial charge in [-0.3, -0.25) is 0 Å². The van der Waals surface area contributed by atoms with Crippen LogP contribution in [0.5, 0.6) is 46.0 Å². The number of fused-ring (bicyclic) bond motifs is 8. The molecule has 16 nitrogen and oxygen atoms in total. The molecule has 0 saturated heterocycles. The normalized spacial score (nSPS) is 16.4. The van der Waals surface area contributed by atoms with E-state index in [2.05, 4.69) is 0 Å². The van der Waals surface area contributed by atoms with Crippen LogP contribution in [-0.2, 0) is 40.5 Å². The summed E-state index contributed by atoms with van der Waals surface area (Å²) in [6.45, 7) is 14.1. The maximum absolute atomic E-state index is 14.5. The summed E-state index contributed by atoms with van der Waals surface area (Å²) in [4.78, 5) is -0.980. The molecule has 20 heteroatoms. The highest BCUT2D eigenvalue weighted by atomic mass is 32.2. The molecular weight excluding hydrogens is 1150 g/mol. The molecule has 4 atom stereocenters. The summed E-state index contributed by atoms with van der Waals surface area (Å²) < 4.78 is 140. The van der Waals surface area contributed by atoms with Gasteiger partial charge in [-0.15, -0.1) is 0 Å². The van der Waals surface area contributed by atoms with E-state index in [0.717, 1.165) is 46.5 Å². The van der Waals surface area contributed by atoms with Crippen LogP contribution in [0.15, 0.2) is 165 Å². The van der Waals surface area contributed by atoms with Crippen molar-refractivity contribution >= 4 is 40.5 Å². The predicted molar refractivity (Wildman–Crippen MR) is 317 cm³/mol. The minimum Gasteiger partial charge on any atom is -0.508 e. The van der Waals surface area contributed by atoms with Gasteiger partial charge in [0.2, 0.25) is 0 Å². The Balaban J connectivity index is 1.40. The second-order valence-corrected chi connectivity index (χ2v) is 27.2. The first-order valence-electron chi connectivity index (χ1n) is 27.2. The molecule has 0 heterocycles. The van der Waals surface area contributed by atoms with Gasteiger partial charge in [0, 0.05) is 92.4 Å². The molecule has 0 radical (unpaired) electrons. The molecule has 440 valence electrons. The lowest BCUT2D eigenvalue weighted by Crippen LogP contribution is -2.17. The van der Waals surface area contributed by atoms with E-state index in [1.54, 1.807) is 104 Å². The first-order chi connectivity index (χ1) is 39.7. The zero-order valence-corrected chi connectivity index (χ0v) is 50.6. The zero-order valence-electron chi connectivity index (χ0n) is 47.3. The molecule has 1 aliphatic rings. The van der Waals surface area contributed by atoms with E-state index in [9.17, 15) is 54.1 Å². The van der Waals surface area contributed by atoms with E-state index >= 15 is 0 Å². The molecule has 4 unspecified atom stereocenters. The van der Waals surface area contributed by atoms with Gasteiger partial charge in [0.25, 0.3) is 0 Å². The minimum atomic E-state index is -4.74. The molecule has 8 bridgehead atoms. The quantitative estimate of drug-likeness (QED) is 0.0656. The zero-order chi connectivity index (χ0) is 60.8. The topological polar surface area (TPSA) is 254 Å². The van der Waals surface area contributed by atoms with Crippen molar-refractivity contribution in [3.63, 3.8) is 0 Å². The van der Waals surface area contributed by atoms with E-state index in [1.165, 1.54) is 72.8 Å². The van der Waals surface area contributed by atoms with Crippen molar-refractivity contribution in [3.05, 3.63) is 212 Å². The van der Waals surface area contributed by atoms with Crippen LogP contribution in [-0.4, -0.2) is 54.1 Å². The van der Waals surface area contributed by atoms with Gasteiger partial charge in [-0.2, -0.15) is 33.7 Å². The Hall–Kier alpha value is -8.04. The van der Waals surface area contributed by atoms with Crippen LogP contribution < -0.4 is 16.7 Å². The lowest BCUT2D eigenvalue weighted by atomic mass is 9.77. The van der Waals surface area contributed by atoms with Gasteiger partial charge in [0.1, 0.15) is 42.6 Å². The van der Waals surface area contributed by atoms with Gasteiger partial charge in [0.15, 0.2) is 23.0 Å². The highest BCUT2D eigenvalue weighted by Crippen LogP contribution is 2.53. The monoisotopic (exact) mass is 1220 g/mol. The van der Waals surface area contributed by atoms with Crippen molar-refractivity contribution in [1.82, 2.24) is 0 Å². The molecule has 0 saturated carbocycles. The molecular formula is C64H64O16S4. The summed E-state index contributed by atoms with van der Waals surface area (Å²) in [5.74, 6) is -7.74. The molecule has 0 amide bonds. The smallest absolute Gasteiger partial charge is 0.339 e. The summed E-state index contributed by atoms with van der Waals surface area (Å²) in [6.07, 6.45) is 0.314. The van der Waals surface area contributed by atoms with E-state index in [1.807, 2.05) is 0 Å². The van der Waals surface area contributed by atoms with Gasteiger partial charge in [-0.25, -0.2) is 0 Å². The number of benzene rings is 8. The van der Waals surface area contributed by atoms with Crippen LogP contribution in [0.1, 0.15) is 144 Å². The number of hydrogen-bond donors (Lipinski definition) is 4. The van der Waals surface area contributed by atoms with Crippen LogP contribution in [0.4, 0.5) is 0 Å². The molecule has 0 fully saturated rings. The number of phenolic OH excluding ortho intramolecular Hbond substituents is 4. The Morgan fingerprint density at radius 1 is 0.286 bits per heavy atom. The summed E-state index contributed by atoms with van der Waals surface area (Å²) in [6, 6.07) is 33.8. The fourth-order valence-electron chi connectivity index (χ4n) is 10.8. The fraction of sp³-hybridized carbons (Fsp3) is 0.250. The van der Waals surface area contributed by atoms with Gasteiger partial charge in [-0.05, 0) is 126 Å². The maximum Gasteiger partial charge on any atom is 0.339 e. The number of rotatable bonds is 16. The van der Waals surface area contributed by atoms with Crippen molar-refractivity contribution in [2.45, 2.75) is 124 Å². The maximum atomic E-state index is 14.5. The molecule has 0 aromatic heterocycles. The van der Waals surface area contributed by atoms with Gasteiger partial charge >= 0.3 is 40.5 Å². The third kappa shape index (κ3) is 12.2. The van der Waals surface area contributed by atoms with Crippen molar-refractivity contribution in [2.24, 2.45) is 0 Å². The van der Waals surface area contributed by atoms with Crippen LogP contribution >= 0.6 is 0 Å². The molecule has 84 heavy (non-hydrogen) atoms. The molecule has 4 N–H and O–H groups in total. The summed E-state index contributed by atoms with van der Waals surface area (Å²) in [5.41, 5.74) is 3.78. The Kier molecular flexibility index (Phi) is 17.0. The van der Waals surface area contributed by atoms with Crippen molar-refractivity contribution in [2.75, 3.05) is 0 Å². The van der Waals surface area contributed by atoms with E-state index in [-0.39, 0.29) is 89.8 Å². The number of hydrogen-bond acceptors (Lipinski definition) is 16. The molecule has 8 aromatic carbocycles. The first kappa shape index (κ1) is 60.5. The largest absolute Gasteiger partial charge is 0.508 e. The van der Waals surface area contributed by atoms with Crippen LogP contribution in [0, 0.1) is 27.7 Å². The van der Waals surface area contributed by atoms with Gasteiger partial charge in [0.05, 0.1) is 0 Å². The number of phenols is 4. The standard InChI is InChI=1S/C64H64O16S4/c1-9-45-49-29-50(58(66)33-57(49)65)46(10-2)55-32-56(64(80-84(75,76)44-27-19-40(8)20-28-44)36-63(55)79-83(73,74)43-25-17-39(7)18-26-43)48(12-4)52-30-51(59(67)34-60(52)68)47(11-3)54-31-53(45)61(77-81(69,70)41-21-13-37(5)14-22-41)35-62(54)78-82(71,72)42-23-15-38(6)16-24-42/h13-36,45-48,65-68H,9-12H2,1-8H3. The minimum absolute atomic E-state index is 0.0786. The van der Waals surface area contributed by atoms with Crippen molar-refractivity contribution < 1.29 is 70.8 Å². The number of aryl methyl sites for hydroxylation is 4. The van der Waals surface area contributed by atoms with Gasteiger partial charge < -0.3 is 37.2 Å². The second kappa shape index (κ2) is 23.5.